The Morgan fingerprint density at radius 2 is 2.00 bits per heavy atom. The number of nitrogens with zero attached hydrogens (tertiary/aromatic N) is 4. The Hall–Kier alpha value is -3.69. The van der Waals surface area contributed by atoms with Gasteiger partial charge in [0.2, 0.25) is 5.91 Å². The summed E-state index contributed by atoms with van der Waals surface area (Å²) in [6, 6.07) is 4.72. The first-order chi connectivity index (χ1) is 16.8. The third kappa shape index (κ3) is 3.86. The zero-order valence-corrected chi connectivity index (χ0v) is 20.1. The topological polar surface area (TPSA) is 119 Å². The number of methoxy groups -OCH3 is 1. The molecule has 10 heteroatoms. The van der Waals surface area contributed by atoms with Crippen molar-refractivity contribution in [3.8, 4) is 11.3 Å². The van der Waals surface area contributed by atoms with Crippen LogP contribution in [0.4, 0.5) is 0 Å². The highest BCUT2D eigenvalue weighted by Gasteiger charge is 2.40. The van der Waals surface area contributed by atoms with E-state index in [1.807, 2.05) is 29.4 Å². The van der Waals surface area contributed by atoms with Crippen LogP contribution in [0.2, 0.25) is 0 Å². The molecule has 1 fully saturated rings. The molecule has 0 aromatic carbocycles. The molecule has 0 aliphatic carbocycles. The zero-order valence-electron chi connectivity index (χ0n) is 20.1. The summed E-state index contributed by atoms with van der Waals surface area (Å²) < 4.78 is 8.43. The Labute approximate surface area is 201 Å². The number of fused-ring (bicyclic) bond motifs is 5. The Morgan fingerprint density at radius 3 is 2.74 bits per heavy atom. The highest BCUT2D eigenvalue weighted by atomic mass is 16.5. The summed E-state index contributed by atoms with van der Waals surface area (Å²) in [5.74, 6) is -0.451. The number of ether oxygens (including phenoxy) is 1. The Kier molecular flexibility index (Phi) is 5.82. The molecule has 5 rings (SSSR count). The highest BCUT2D eigenvalue weighted by molar-refractivity contribution is 5.96. The first kappa shape index (κ1) is 23.1. The van der Waals surface area contributed by atoms with Gasteiger partial charge in [-0.3, -0.25) is 14.4 Å². The molecule has 1 aromatic heterocycles. The lowest BCUT2D eigenvalue weighted by molar-refractivity contribution is -0.139. The number of hydrogen-bond donors (Lipinski definition) is 1. The van der Waals surface area contributed by atoms with Crippen molar-refractivity contribution in [3.63, 3.8) is 0 Å². The molecule has 4 aliphatic rings. The van der Waals surface area contributed by atoms with E-state index >= 15 is 0 Å². The number of piperidine rings is 1. The molecule has 2 bridgehead atoms. The van der Waals surface area contributed by atoms with Crippen LogP contribution < -0.4 is 11.1 Å². The van der Waals surface area contributed by atoms with Crippen LogP contribution in [0.1, 0.15) is 54.7 Å². The predicted molar refractivity (Wildman–Crippen MR) is 127 cm³/mol. The van der Waals surface area contributed by atoms with E-state index < -0.39 is 17.6 Å². The number of amides is 1. The van der Waals surface area contributed by atoms with Crippen molar-refractivity contribution >= 4 is 11.9 Å². The lowest BCUT2D eigenvalue weighted by Crippen LogP contribution is -2.51. The number of aromatic nitrogens is 4. The van der Waals surface area contributed by atoms with Crippen molar-refractivity contribution in [2.45, 2.75) is 45.2 Å². The normalized spacial score (nSPS) is 20.8. The number of rotatable bonds is 5. The molecule has 4 atom stereocenters. The maximum absolute atomic E-state index is 14.0. The summed E-state index contributed by atoms with van der Waals surface area (Å²) in [7, 11) is 1.27. The molecule has 1 amide bonds. The van der Waals surface area contributed by atoms with Gasteiger partial charge < -0.3 is 18.8 Å². The number of carbonyl (C=O) groups excluding carboxylic acids is 2. The van der Waals surface area contributed by atoms with E-state index in [0.29, 0.717) is 19.6 Å². The van der Waals surface area contributed by atoms with Gasteiger partial charge in [-0.2, -0.15) is 5.10 Å². The van der Waals surface area contributed by atoms with Gasteiger partial charge in [0.25, 0.3) is 11.1 Å². The van der Waals surface area contributed by atoms with Crippen LogP contribution in [0.15, 0.2) is 40.2 Å². The summed E-state index contributed by atoms with van der Waals surface area (Å²) in [6.45, 7) is 5.69. The van der Waals surface area contributed by atoms with E-state index in [0.717, 1.165) is 18.5 Å². The van der Waals surface area contributed by atoms with E-state index in [1.54, 1.807) is 29.1 Å². The molecule has 1 saturated heterocycles. The molecule has 1 aromatic rings. The summed E-state index contributed by atoms with van der Waals surface area (Å²) in [6.07, 6.45) is 4.83. The van der Waals surface area contributed by atoms with Gasteiger partial charge >= 0.3 is 5.97 Å². The SMILES string of the molecule is CCC(C)C(C(=O)N1CC2CC(C1)c1cccc(=O)n1C2)n1cc(C(=O)OC)c2n[nH]c(=O)c-2c1. The first-order valence-corrected chi connectivity index (χ1v) is 12.0. The number of esters is 1. The van der Waals surface area contributed by atoms with E-state index in [9.17, 15) is 19.2 Å². The van der Waals surface area contributed by atoms with Gasteiger partial charge in [0.1, 0.15) is 17.3 Å². The molecule has 0 spiro atoms. The Balaban J connectivity index is 1.54. The molecular weight excluding hydrogens is 450 g/mol. The van der Waals surface area contributed by atoms with Gasteiger partial charge in [-0.1, -0.05) is 26.3 Å². The van der Waals surface area contributed by atoms with Gasteiger partial charge in [0.05, 0.1) is 12.7 Å². The molecule has 1 N–H and O–H groups in total. The molecule has 184 valence electrons. The average Bonchev–Trinajstić information content (AvgIpc) is 3.24. The van der Waals surface area contributed by atoms with Crippen molar-refractivity contribution in [2.24, 2.45) is 11.8 Å². The van der Waals surface area contributed by atoms with Crippen LogP contribution in [0.3, 0.4) is 0 Å². The van der Waals surface area contributed by atoms with E-state index in [1.165, 1.54) is 7.11 Å². The number of hydrogen-bond acceptors (Lipinski definition) is 6. The molecule has 0 saturated carbocycles. The number of nitrogens with one attached hydrogen (secondary N) is 1. The fourth-order valence-corrected chi connectivity index (χ4v) is 5.63. The van der Waals surface area contributed by atoms with Crippen molar-refractivity contribution in [1.82, 2.24) is 24.2 Å². The molecule has 5 heterocycles. The number of carbonyl (C=O) groups is 2. The molecule has 0 radical (unpaired) electrons. The second-order valence-corrected chi connectivity index (χ2v) is 9.70. The lowest BCUT2D eigenvalue weighted by atomic mass is 9.82. The lowest BCUT2D eigenvalue weighted by Gasteiger charge is -2.44. The minimum absolute atomic E-state index is 0.00202. The summed E-state index contributed by atoms with van der Waals surface area (Å²) in [4.78, 5) is 53.2. The third-order valence-corrected chi connectivity index (χ3v) is 7.53. The molecule has 35 heavy (non-hydrogen) atoms. The number of likely N-dealkylation sites (tertiary alicyclic amines) is 1. The summed E-state index contributed by atoms with van der Waals surface area (Å²) in [5.41, 5.74) is 1.14. The van der Waals surface area contributed by atoms with E-state index in [2.05, 4.69) is 10.2 Å². The fraction of sp³-hybridized carbons (Fsp3) is 0.480. The number of aromatic amines is 1. The van der Waals surface area contributed by atoms with E-state index in [4.69, 9.17) is 4.74 Å². The molecule has 4 unspecified atom stereocenters. The Bertz CT molecular complexity index is 1370. The van der Waals surface area contributed by atoms with Crippen LogP contribution in [0, 0.1) is 11.8 Å². The molecular formula is C25H29N5O5. The summed E-state index contributed by atoms with van der Waals surface area (Å²) >= 11 is 0. The van der Waals surface area contributed by atoms with Crippen LogP contribution >= 0.6 is 0 Å². The van der Waals surface area contributed by atoms with Crippen molar-refractivity contribution in [2.75, 3.05) is 20.2 Å². The van der Waals surface area contributed by atoms with Crippen molar-refractivity contribution < 1.29 is 14.3 Å². The smallest absolute Gasteiger partial charge is 0.341 e. The third-order valence-electron chi connectivity index (χ3n) is 7.53. The largest absolute Gasteiger partial charge is 0.465 e. The van der Waals surface area contributed by atoms with Crippen LogP contribution in [0.5, 0.6) is 0 Å². The Morgan fingerprint density at radius 1 is 1.20 bits per heavy atom. The highest BCUT2D eigenvalue weighted by Crippen LogP contribution is 2.37. The minimum atomic E-state index is -0.624. The maximum Gasteiger partial charge on any atom is 0.341 e. The first-order valence-electron chi connectivity index (χ1n) is 12.0. The zero-order chi connectivity index (χ0) is 24.9. The van der Waals surface area contributed by atoms with Crippen molar-refractivity contribution in [3.05, 3.63) is 62.6 Å². The van der Waals surface area contributed by atoms with E-state index in [-0.39, 0.29) is 46.0 Å². The molecule has 10 nitrogen and oxygen atoms in total. The van der Waals surface area contributed by atoms with Crippen LogP contribution in [-0.4, -0.2) is 56.3 Å². The van der Waals surface area contributed by atoms with Crippen molar-refractivity contribution in [1.29, 1.82) is 0 Å². The number of pyridine rings is 2. The average molecular weight is 480 g/mol. The maximum atomic E-state index is 14.0. The van der Waals surface area contributed by atoms with Gasteiger partial charge in [0.15, 0.2) is 0 Å². The predicted octanol–water partition coefficient (Wildman–Crippen LogP) is 1.86. The standard InChI is InChI=1S/C25H29N5O5/c1-4-14(2)22(28-12-17-21(26-27-23(17)32)18(13-28)25(34)35-3)24(33)29-9-15-8-16(11-29)19-6-5-7-20(31)30(19)10-15/h5-7,12-16,22H,4,8-11H2,1-3H3,(H,27,32). The number of H-pyrrole nitrogens is 1. The van der Waals surface area contributed by atoms with Gasteiger partial charge in [-0.15, -0.1) is 0 Å². The monoisotopic (exact) mass is 479 g/mol. The molecule has 4 aliphatic heterocycles. The van der Waals surface area contributed by atoms with Gasteiger partial charge in [-0.05, 0) is 24.3 Å². The van der Waals surface area contributed by atoms with Gasteiger partial charge in [-0.25, -0.2) is 9.89 Å². The fourth-order valence-electron chi connectivity index (χ4n) is 5.63. The second-order valence-electron chi connectivity index (χ2n) is 9.70. The van der Waals surface area contributed by atoms with Gasteiger partial charge in [0, 0.05) is 49.7 Å². The summed E-state index contributed by atoms with van der Waals surface area (Å²) in [5, 5.41) is 6.37. The van der Waals surface area contributed by atoms with Crippen LogP contribution in [-0.2, 0) is 16.1 Å². The quantitative estimate of drug-likeness (QED) is 0.558. The second kappa shape index (κ2) is 8.83. The minimum Gasteiger partial charge on any atom is -0.465 e. The van der Waals surface area contributed by atoms with Crippen LogP contribution in [0.25, 0.3) is 11.3 Å².